The highest BCUT2D eigenvalue weighted by atomic mass is 35.5. The van der Waals surface area contributed by atoms with Crippen LogP contribution in [0.1, 0.15) is 24.9 Å². The molecule has 4 heteroatoms. The number of nitrogens with zero attached hydrogens (tertiary/aromatic N) is 1. The number of benzene rings is 1. The van der Waals surface area contributed by atoms with Gasteiger partial charge in [-0.05, 0) is 24.1 Å². The highest BCUT2D eigenvalue weighted by Crippen LogP contribution is 2.27. The lowest BCUT2D eigenvalue weighted by atomic mass is 9.96. The monoisotopic (exact) mass is 268 g/mol. The van der Waals surface area contributed by atoms with Gasteiger partial charge >= 0.3 is 0 Å². The molecule has 2 atom stereocenters. The molecular formula is C14H21ClN2O. The molecule has 0 aromatic heterocycles. The number of morpholine rings is 1. The standard InChI is InChI=1S/C14H21ClN2O/c1-2-13(16)14(17-7-9-18-10-8-17)11-3-5-12(15)6-4-11/h3-6,13-14H,2,7-10,16H2,1H3. The third kappa shape index (κ3) is 3.23. The highest BCUT2D eigenvalue weighted by Gasteiger charge is 2.26. The summed E-state index contributed by atoms with van der Waals surface area (Å²) < 4.78 is 5.41. The van der Waals surface area contributed by atoms with E-state index in [1.54, 1.807) is 0 Å². The molecular weight excluding hydrogens is 248 g/mol. The normalized spacial score (nSPS) is 20.6. The van der Waals surface area contributed by atoms with Gasteiger partial charge in [-0.1, -0.05) is 30.7 Å². The maximum atomic E-state index is 6.30. The van der Waals surface area contributed by atoms with Gasteiger partial charge in [-0.3, -0.25) is 4.90 Å². The topological polar surface area (TPSA) is 38.5 Å². The summed E-state index contributed by atoms with van der Waals surface area (Å²) in [5.41, 5.74) is 7.55. The molecule has 100 valence electrons. The molecule has 0 amide bonds. The smallest absolute Gasteiger partial charge is 0.0594 e. The Hall–Kier alpha value is -0.610. The molecule has 0 aliphatic carbocycles. The van der Waals surface area contributed by atoms with E-state index in [0.29, 0.717) is 0 Å². The Kier molecular flexibility index (Phi) is 5.01. The van der Waals surface area contributed by atoms with E-state index in [1.165, 1.54) is 5.56 Å². The van der Waals surface area contributed by atoms with Crippen molar-refractivity contribution in [2.75, 3.05) is 26.3 Å². The van der Waals surface area contributed by atoms with E-state index in [2.05, 4.69) is 24.0 Å². The lowest BCUT2D eigenvalue weighted by Crippen LogP contribution is -2.46. The molecule has 0 spiro atoms. The molecule has 3 nitrogen and oxygen atoms in total. The van der Waals surface area contributed by atoms with Gasteiger partial charge in [0.1, 0.15) is 0 Å². The van der Waals surface area contributed by atoms with E-state index >= 15 is 0 Å². The highest BCUT2D eigenvalue weighted by molar-refractivity contribution is 6.30. The quantitative estimate of drug-likeness (QED) is 0.912. The second kappa shape index (κ2) is 6.53. The van der Waals surface area contributed by atoms with E-state index in [1.807, 2.05) is 12.1 Å². The van der Waals surface area contributed by atoms with Crippen LogP contribution < -0.4 is 5.73 Å². The minimum absolute atomic E-state index is 0.143. The molecule has 0 saturated carbocycles. The maximum absolute atomic E-state index is 6.30. The summed E-state index contributed by atoms with van der Waals surface area (Å²) in [7, 11) is 0. The molecule has 1 heterocycles. The fourth-order valence-electron chi connectivity index (χ4n) is 2.47. The average Bonchev–Trinajstić information content (AvgIpc) is 2.42. The lowest BCUT2D eigenvalue weighted by Gasteiger charge is -2.37. The van der Waals surface area contributed by atoms with Crippen LogP contribution in [0, 0.1) is 0 Å². The van der Waals surface area contributed by atoms with Crippen molar-refractivity contribution in [3.63, 3.8) is 0 Å². The number of nitrogens with two attached hydrogens (primary N) is 1. The first-order valence-electron chi connectivity index (χ1n) is 6.55. The molecule has 1 aliphatic heterocycles. The largest absolute Gasteiger partial charge is 0.379 e. The fourth-order valence-corrected chi connectivity index (χ4v) is 2.59. The van der Waals surface area contributed by atoms with Crippen LogP contribution in [0.2, 0.25) is 5.02 Å². The van der Waals surface area contributed by atoms with Gasteiger partial charge in [0.2, 0.25) is 0 Å². The third-order valence-corrected chi connectivity index (χ3v) is 3.78. The molecule has 2 N–H and O–H groups in total. The minimum atomic E-state index is 0.143. The van der Waals surface area contributed by atoms with Crippen LogP contribution in [-0.2, 0) is 4.74 Å². The summed E-state index contributed by atoms with van der Waals surface area (Å²) in [6.07, 6.45) is 0.963. The molecule has 0 radical (unpaired) electrons. The van der Waals surface area contributed by atoms with Crippen molar-refractivity contribution in [2.45, 2.75) is 25.4 Å². The van der Waals surface area contributed by atoms with E-state index in [0.717, 1.165) is 37.7 Å². The summed E-state index contributed by atoms with van der Waals surface area (Å²) in [5.74, 6) is 0. The number of ether oxygens (including phenoxy) is 1. The second-order valence-corrected chi connectivity index (χ2v) is 5.15. The van der Waals surface area contributed by atoms with Crippen LogP contribution in [-0.4, -0.2) is 37.2 Å². The van der Waals surface area contributed by atoms with Crippen molar-refractivity contribution in [1.82, 2.24) is 4.90 Å². The van der Waals surface area contributed by atoms with Crippen LogP contribution in [0.25, 0.3) is 0 Å². The Morgan fingerprint density at radius 3 is 2.44 bits per heavy atom. The zero-order valence-electron chi connectivity index (χ0n) is 10.8. The molecule has 1 aliphatic rings. The molecule has 1 aromatic rings. The minimum Gasteiger partial charge on any atom is -0.379 e. The summed E-state index contributed by atoms with van der Waals surface area (Å²) in [6, 6.07) is 8.44. The predicted molar refractivity (Wildman–Crippen MR) is 74.9 cm³/mol. The van der Waals surface area contributed by atoms with Crippen LogP contribution in [0.15, 0.2) is 24.3 Å². The first kappa shape index (κ1) is 13.8. The zero-order valence-corrected chi connectivity index (χ0v) is 11.6. The van der Waals surface area contributed by atoms with Crippen LogP contribution in [0.5, 0.6) is 0 Å². The average molecular weight is 269 g/mol. The van der Waals surface area contributed by atoms with Crippen molar-refractivity contribution >= 4 is 11.6 Å². The molecule has 18 heavy (non-hydrogen) atoms. The summed E-state index contributed by atoms with van der Waals surface area (Å²) in [6.45, 7) is 5.61. The van der Waals surface area contributed by atoms with Gasteiger partial charge in [0.05, 0.1) is 19.3 Å². The molecule has 0 bridgehead atoms. The number of rotatable bonds is 4. The van der Waals surface area contributed by atoms with E-state index in [-0.39, 0.29) is 12.1 Å². The number of halogens is 1. The first-order chi connectivity index (χ1) is 8.72. The SMILES string of the molecule is CCC(N)C(c1ccc(Cl)cc1)N1CCOCC1. The maximum Gasteiger partial charge on any atom is 0.0594 e. The van der Waals surface area contributed by atoms with Gasteiger partial charge in [-0.2, -0.15) is 0 Å². The van der Waals surface area contributed by atoms with E-state index in [4.69, 9.17) is 22.1 Å². The zero-order chi connectivity index (χ0) is 13.0. The fraction of sp³-hybridized carbons (Fsp3) is 0.571. The second-order valence-electron chi connectivity index (χ2n) is 4.72. The van der Waals surface area contributed by atoms with Gasteiger partial charge in [-0.25, -0.2) is 0 Å². The Morgan fingerprint density at radius 1 is 1.28 bits per heavy atom. The van der Waals surface area contributed by atoms with Gasteiger partial charge in [0, 0.05) is 24.2 Å². The Morgan fingerprint density at radius 2 is 1.89 bits per heavy atom. The van der Waals surface area contributed by atoms with Gasteiger partial charge in [0.25, 0.3) is 0 Å². The van der Waals surface area contributed by atoms with Crippen molar-refractivity contribution in [2.24, 2.45) is 5.73 Å². The summed E-state index contributed by atoms with van der Waals surface area (Å²) >= 11 is 5.95. The van der Waals surface area contributed by atoms with Gasteiger partial charge in [0.15, 0.2) is 0 Å². The Labute approximate surface area is 114 Å². The van der Waals surface area contributed by atoms with Crippen LogP contribution in [0.4, 0.5) is 0 Å². The molecule has 1 saturated heterocycles. The molecule has 1 fully saturated rings. The Bertz CT molecular complexity index is 363. The van der Waals surface area contributed by atoms with Crippen molar-refractivity contribution in [1.29, 1.82) is 0 Å². The van der Waals surface area contributed by atoms with Crippen LogP contribution >= 0.6 is 11.6 Å². The van der Waals surface area contributed by atoms with Crippen molar-refractivity contribution < 1.29 is 4.74 Å². The summed E-state index contributed by atoms with van der Waals surface area (Å²) in [4.78, 5) is 2.42. The van der Waals surface area contributed by atoms with Crippen molar-refractivity contribution in [3.05, 3.63) is 34.9 Å². The predicted octanol–water partition coefficient (Wildman–Crippen LogP) is 2.45. The van der Waals surface area contributed by atoms with E-state index in [9.17, 15) is 0 Å². The molecule has 2 unspecified atom stereocenters. The van der Waals surface area contributed by atoms with Crippen molar-refractivity contribution in [3.8, 4) is 0 Å². The van der Waals surface area contributed by atoms with E-state index < -0.39 is 0 Å². The molecule has 1 aromatic carbocycles. The Balaban J connectivity index is 2.20. The van der Waals surface area contributed by atoms with Gasteiger partial charge in [-0.15, -0.1) is 0 Å². The third-order valence-electron chi connectivity index (χ3n) is 3.53. The number of hydrogen-bond acceptors (Lipinski definition) is 3. The molecule has 2 rings (SSSR count). The van der Waals surface area contributed by atoms with Gasteiger partial charge < -0.3 is 10.5 Å². The number of hydrogen-bond donors (Lipinski definition) is 1. The van der Waals surface area contributed by atoms with Crippen LogP contribution in [0.3, 0.4) is 0 Å². The first-order valence-corrected chi connectivity index (χ1v) is 6.93. The summed E-state index contributed by atoms with van der Waals surface area (Å²) in [5, 5.41) is 0.768. The lowest BCUT2D eigenvalue weighted by molar-refractivity contribution is 0.0101.